The first-order chi connectivity index (χ1) is 12.7. The molecular weight excluding hydrogens is 328 g/mol. The lowest BCUT2D eigenvalue weighted by molar-refractivity contribution is -0.134. The van der Waals surface area contributed by atoms with Crippen LogP contribution in [0.5, 0.6) is 5.75 Å². The molecule has 2 aliphatic rings. The van der Waals surface area contributed by atoms with Gasteiger partial charge in [0.1, 0.15) is 11.6 Å². The molecule has 6 heteroatoms. The number of ether oxygens (including phenoxy) is 1. The summed E-state index contributed by atoms with van der Waals surface area (Å²) in [6.45, 7) is 3.74. The normalized spacial score (nSPS) is 18.1. The zero-order valence-electron chi connectivity index (χ0n) is 15.3. The molecule has 2 aromatic rings. The van der Waals surface area contributed by atoms with E-state index in [9.17, 15) is 4.79 Å². The number of hydrogen-bond donors (Lipinski definition) is 1. The third kappa shape index (κ3) is 4.23. The molecule has 2 fully saturated rings. The molecule has 2 heterocycles. The highest BCUT2D eigenvalue weighted by molar-refractivity contribution is 5.77. The van der Waals surface area contributed by atoms with Crippen LogP contribution in [-0.4, -0.2) is 45.7 Å². The van der Waals surface area contributed by atoms with Crippen LogP contribution in [0.1, 0.15) is 48.8 Å². The van der Waals surface area contributed by atoms with E-state index in [4.69, 9.17) is 4.74 Å². The summed E-state index contributed by atoms with van der Waals surface area (Å²) in [7, 11) is 0. The quantitative estimate of drug-likeness (QED) is 0.866. The summed E-state index contributed by atoms with van der Waals surface area (Å²) in [5.41, 5.74) is 1.18. The first-order valence-electron chi connectivity index (χ1n) is 9.56. The van der Waals surface area contributed by atoms with Crippen LogP contribution >= 0.6 is 0 Å². The number of nitrogens with zero attached hydrogens (tertiary/aromatic N) is 3. The molecule has 26 heavy (non-hydrogen) atoms. The van der Waals surface area contributed by atoms with Crippen molar-refractivity contribution in [3.8, 4) is 5.75 Å². The molecular formula is C20H26N4O2. The van der Waals surface area contributed by atoms with Crippen LogP contribution < -0.4 is 4.74 Å². The Morgan fingerprint density at radius 1 is 1.19 bits per heavy atom. The number of hydrogen-bond acceptors (Lipinski definition) is 4. The van der Waals surface area contributed by atoms with Gasteiger partial charge in [0.25, 0.3) is 5.91 Å². The van der Waals surface area contributed by atoms with Gasteiger partial charge in [-0.15, -0.1) is 0 Å². The highest BCUT2D eigenvalue weighted by atomic mass is 16.5. The second-order valence-electron chi connectivity index (χ2n) is 7.54. The standard InChI is InChI=1S/C20H26N4O2/c1-14-2-6-17(7-3-14)26-13-19(25)24-10-8-15(9-11-24)12-18-21-20(23-22-18)16-4-5-16/h2-3,6-7,15-16H,4-5,8-13H2,1H3,(H,21,22,23). The van der Waals surface area contributed by atoms with E-state index in [0.717, 1.165) is 49.8 Å². The molecule has 1 aliphatic carbocycles. The molecule has 1 saturated heterocycles. The number of rotatable bonds is 6. The molecule has 0 spiro atoms. The van der Waals surface area contributed by atoms with E-state index in [2.05, 4.69) is 15.2 Å². The van der Waals surface area contributed by atoms with Gasteiger partial charge in [0, 0.05) is 25.4 Å². The molecule has 0 atom stereocenters. The number of carbonyl (C=O) groups excluding carboxylic acids is 1. The fourth-order valence-electron chi connectivity index (χ4n) is 3.46. The molecule has 1 amide bonds. The van der Waals surface area contributed by atoms with E-state index >= 15 is 0 Å². The molecule has 6 nitrogen and oxygen atoms in total. The maximum Gasteiger partial charge on any atom is 0.260 e. The van der Waals surface area contributed by atoms with Crippen LogP contribution in [0.15, 0.2) is 24.3 Å². The van der Waals surface area contributed by atoms with Crippen LogP contribution in [-0.2, 0) is 11.2 Å². The molecule has 1 aromatic carbocycles. The van der Waals surface area contributed by atoms with E-state index in [1.54, 1.807) is 0 Å². The van der Waals surface area contributed by atoms with Crippen molar-refractivity contribution < 1.29 is 9.53 Å². The molecule has 138 valence electrons. The van der Waals surface area contributed by atoms with Gasteiger partial charge in [-0.25, -0.2) is 4.98 Å². The Balaban J connectivity index is 1.21. The molecule has 1 aliphatic heterocycles. The number of aromatic nitrogens is 3. The van der Waals surface area contributed by atoms with Gasteiger partial charge >= 0.3 is 0 Å². The first-order valence-corrected chi connectivity index (χ1v) is 9.56. The van der Waals surface area contributed by atoms with Crippen molar-refractivity contribution in [3.63, 3.8) is 0 Å². The monoisotopic (exact) mass is 354 g/mol. The number of nitrogens with one attached hydrogen (secondary N) is 1. The van der Waals surface area contributed by atoms with Gasteiger partial charge in [-0.1, -0.05) is 17.7 Å². The van der Waals surface area contributed by atoms with Crippen molar-refractivity contribution >= 4 is 5.91 Å². The molecule has 1 aromatic heterocycles. The van der Waals surface area contributed by atoms with Crippen molar-refractivity contribution in [1.29, 1.82) is 0 Å². The number of aromatic amines is 1. The number of H-pyrrole nitrogens is 1. The predicted molar refractivity (Wildman–Crippen MR) is 98.0 cm³/mol. The Labute approximate surface area is 154 Å². The third-order valence-electron chi connectivity index (χ3n) is 5.32. The Kier molecular flexibility index (Phi) is 4.91. The number of benzene rings is 1. The maximum atomic E-state index is 12.4. The zero-order chi connectivity index (χ0) is 17.9. The highest BCUT2D eigenvalue weighted by Crippen LogP contribution is 2.37. The van der Waals surface area contributed by atoms with Crippen molar-refractivity contribution in [2.24, 2.45) is 5.92 Å². The number of amides is 1. The van der Waals surface area contributed by atoms with Crippen LogP contribution in [0.3, 0.4) is 0 Å². The van der Waals surface area contributed by atoms with E-state index in [1.807, 2.05) is 36.1 Å². The number of aryl methyl sites for hydroxylation is 1. The SMILES string of the molecule is Cc1ccc(OCC(=O)N2CCC(Cc3nc(C4CC4)n[nH]3)CC2)cc1. The Bertz CT molecular complexity index is 743. The molecule has 1 saturated carbocycles. The Hall–Kier alpha value is -2.37. The van der Waals surface area contributed by atoms with E-state index in [-0.39, 0.29) is 12.5 Å². The molecule has 0 bridgehead atoms. The largest absolute Gasteiger partial charge is 0.484 e. The summed E-state index contributed by atoms with van der Waals surface area (Å²) in [5, 5.41) is 7.42. The molecule has 1 N–H and O–H groups in total. The maximum absolute atomic E-state index is 12.4. The van der Waals surface area contributed by atoms with Gasteiger partial charge in [0.15, 0.2) is 12.4 Å². The van der Waals surface area contributed by atoms with Crippen molar-refractivity contribution in [2.45, 2.75) is 44.9 Å². The lowest BCUT2D eigenvalue weighted by atomic mass is 9.93. The Morgan fingerprint density at radius 2 is 1.92 bits per heavy atom. The second kappa shape index (κ2) is 7.48. The average Bonchev–Trinajstić information content (AvgIpc) is 3.41. The second-order valence-corrected chi connectivity index (χ2v) is 7.54. The van der Waals surface area contributed by atoms with Gasteiger partial charge in [-0.2, -0.15) is 5.10 Å². The van der Waals surface area contributed by atoms with E-state index in [0.29, 0.717) is 11.8 Å². The number of piperidine rings is 1. The van der Waals surface area contributed by atoms with Gasteiger partial charge in [-0.05, 0) is 50.7 Å². The molecule has 0 unspecified atom stereocenters. The Morgan fingerprint density at radius 3 is 2.62 bits per heavy atom. The molecule has 4 rings (SSSR count). The summed E-state index contributed by atoms with van der Waals surface area (Å²) in [4.78, 5) is 18.9. The minimum absolute atomic E-state index is 0.0692. The number of likely N-dealkylation sites (tertiary alicyclic amines) is 1. The van der Waals surface area contributed by atoms with Crippen molar-refractivity contribution in [3.05, 3.63) is 41.5 Å². The van der Waals surface area contributed by atoms with Crippen LogP contribution in [0.2, 0.25) is 0 Å². The summed E-state index contributed by atoms with van der Waals surface area (Å²) in [5.74, 6) is 3.96. The van der Waals surface area contributed by atoms with E-state index in [1.165, 1.54) is 18.4 Å². The van der Waals surface area contributed by atoms with Crippen LogP contribution in [0.25, 0.3) is 0 Å². The van der Waals surface area contributed by atoms with E-state index < -0.39 is 0 Å². The fraction of sp³-hybridized carbons (Fsp3) is 0.550. The third-order valence-corrected chi connectivity index (χ3v) is 5.32. The lowest BCUT2D eigenvalue weighted by Gasteiger charge is -2.31. The van der Waals surface area contributed by atoms with Crippen molar-refractivity contribution in [2.75, 3.05) is 19.7 Å². The minimum atomic E-state index is 0.0692. The van der Waals surface area contributed by atoms with Gasteiger partial charge in [0.05, 0.1) is 0 Å². The fourth-order valence-corrected chi connectivity index (χ4v) is 3.46. The smallest absolute Gasteiger partial charge is 0.260 e. The highest BCUT2D eigenvalue weighted by Gasteiger charge is 2.29. The van der Waals surface area contributed by atoms with Crippen LogP contribution in [0.4, 0.5) is 0 Å². The summed E-state index contributed by atoms with van der Waals surface area (Å²) >= 11 is 0. The topological polar surface area (TPSA) is 71.1 Å². The summed E-state index contributed by atoms with van der Waals surface area (Å²) in [6, 6.07) is 7.79. The summed E-state index contributed by atoms with van der Waals surface area (Å²) in [6.07, 6.45) is 5.40. The van der Waals surface area contributed by atoms with Gasteiger partial charge < -0.3 is 9.64 Å². The van der Waals surface area contributed by atoms with Gasteiger partial charge in [0.2, 0.25) is 0 Å². The zero-order valence-corrected chi connectivity index (χ0v) is 15.3. The first kappa shape index (κ1) is 17.1. The minimum Gasteiger partial charge on any atom is -0.484 e. The lowest BCUT2D eigenvalue weighted by Crippen LogP contribution is -2.41. The average molecular weight is 354 g/mol. The van der Waals surface area contributed by atoms with Crippen molar-refractivity contribution in [1.82, 2.24) is 20.1 Å². The number of carbonyl (C=O) groups is 1. The van der Waals surface area contributed by atoms with Crippen LogP contribution in [0, 0.1) is 12.8 Å². The van der Waals surface area contributed by atoms with Gasteiger partial charge in [-0.3, -0.25) is 9.89 Å². The molecule has 0 radical (unpaired) electrons. The summed E-state index contributed by atoms with van der Waals surface area (Å²) < 4.78 is 5.62. The predicted octanol–water partition coefficient (Wildman–Crippen LogP) is 2.85.